The summed E-state index contributed by atoms with van der Waals surface area (Å²) >= 11 is 12.1. The normalized spacial score (nSPS) is 11.2. The van der Waals surface area contributed by atoms with Gasteiger partial charge < -0.3 is 4.42 Å². The third-order valence-electron chi connectivity index (χ3n) is 3.03. The Labute approximate surface area is 121 Å². The van der Waals surface area contributed by atoms with Gasteiger partial charge in [-0.3, -0.25) is 0 Å². The van der Waals surface area contributed by atoms with E-state index < -0.39 is 0 Å². The highest BCUT2D eigenvalue weighted by atomic mass is 35.5. The molecule has 0 amide bonds. The molecule has 0 aliphatic rings. The van der Waals surface area contributed by atoms with Crippen molar-refractivity contribution in [2.75, 3.05) is 0 Å². The third kappa shape index (κ3) is 2.22. The van der Waals surface area contributed by atoms with E-state index in [2.05, 4.69) is 17.1 Å². The van der Waals surface area contributed by atoms with Crippen LogP contribution in [0.1, 0.15) is 11.1 Å². The topological polar surface area (TPSA) is 26.0 Å². The fourth-order valence-electron chi connectivity index (χ4n) is 2.04. The maximum atomic E-state index is 6.12. The average Bonchev–Trinajstić information content (AvgIpc) is 2.76. The summed E-state index contributed by atoms with van der Waals surface area (Å²) in [5.41, 5.74) is 4.49. The summed E-state index contributed by atoms with van der Waals surface area (Å²) in [7, 11) is 0. The van der Waals surface area contributed by atoms with E-state index in [4.69, 9.17) is 27.6 Å². The molecule has 1 heterocycles. The van der Waals surface area contributed by atoms with Gasteiger partial charge in [0.1, 0.15) is 5.52 Å². The minimum atomic E-state index is 0.478. The molecule has 0 bridgehead atoms. The molecular formula is C15H11Cl2NO. The van der Waals surface area contributed by atoms with Crippen molar-refractivity contribution in [2.24, 2.45) is 0 Å². The Morgan fingerprint density at radius 1 is 1.05 bits per heavy atom. The Kier molecular flexibility index (Phi) is 3.00. The smallest absolute Gasteiger partial charge is 0.227 e. The summed E-state index contributed by atoms with van der Waals surface area (Å²) in [5.74, 6) is 0.570. The molecule has 3 aromatic rings. The highest BCUT2D eigenvalue weighted by Gasteiger charge is 2.13. The number of hydrogen-bond acceptors (Lipinski definition) is 2. The molecule has 0 radical (unpaired) electrons. The van der Waals surface area contributed by atoms with Gasteiger partial charge in [0.2, 0.25) is 5.89 Å². The molecular weight excluding hydrogens is 281 g/mol. The summed E-state index contributed by atoms with van der Waals surface area (Å²) in [6.45, 7) is 4.06. The number of hydrogen-bond donors (Lipinski definition) is 0. The van der Waals surface area contributed by atoms with E-state index in [0.717, 1.165) is 16.7 Å². The van der Waals surface area contributed by atoms with Crippen LogP contribution in [0, 0.1) is 13.8 Å². The molecule has 0 saturated heterocycles. The van der Waals surface area contributed by atoms with Crippen molar-refractivity contribution in [3.63, 3.8) is 0 Å². The Bertz CT molecular complexity index is 777. The lowest BCUT2D eigenvalue weighted by atomic mass is 10.1. The quantitative estimate of drug-likeness (QED) is 0.598. The van der Waals surface area contributed by atoms with E-state index in [-0.39, 0.29) is 0 Å². The highest BCUT2D eigenvalue weighted by molar-refractivity contribution is 6.38. The zero-order valence-corrected chi connectivity index (χ0v) is 12.0. The third-order valence-corrected chi connectivity index (χ3v) is 3.53. The van der Waals surface area contributed by atoms with Crippen LogP contribution in [-0.2, 0) is 0 Å². The van der Waals surface area contributed by atoms with Crippen LogP contribution in [0.3, 0.4) is 0 Å². The number of fused-ring (bicyclic) bond motifs is 1. The van der Waals surface area contributed by atoms with Gasteiger partial charge >= 0.3 is 0 Å². The van der Waals surface area contributed by atoms with E-state index >= 15 is 0 Å². The van der Waals surface area contributed by atoms with Gasteiger partial charge in [-0.1, -0.05) is 40.9 Å². The lowest BCUT2D eigenvalue weighted by Crippen LogP contribution is -1.84. The molecule has 0 aliphatic heterocycles. The van der Waals surface area contributed by atoms with Crippen LogP contribution in [0.15, 0.2) is 34.7 Å². The number of oxazole rings is 1. The van der Waals surface area contributed by atoms with Crippen molar-refractivity contribution in [3.05, 3.63) is 51.5 Å². The van der Waals surface area contributed by atoms with Crippen LogP contribution in [0.5, 0.6) is 0 Å². The fraction of sp³-hybridized carbons (Fsp3) is 0.133. The van der Waals surface area contributed by atoms with Crippen LogP contribution in [0.4, 0.5) is 0 Å². The Morgan fingerprint density at radius 3 is 2.63 bits per heavy atom. The van der Waals surface area contributed by atoms with Gasteiger partial charge in [-0.15, -0.1) is 0 Å². The fourth-order valence-corrected chi connectivity index (χ4v) is 2.56. The van der Waals surface area contributed by atoms with E-state index in [1.807, 2.05) is 19.9 Å². The molecule has 96 valence electrons. The van der Waals surface area contributed by atoms with E-state index in [1.165, 1.54) is 0 Å². The van der Waals surface area contributed by atoms with Crippen molar-refractivity contribution in [2.45, 2.75) is 13.8 Å². The summed E-state index contributed by atoms with van der Waals surface area (Å²) in [6.07, 6.45) is 0. The largest absolute Gasteiger partial charge is 0.434 e. The van der Waals surface area contributed by atoms with E-state index in [1.54, 1.807) is 12.1 Å². The van der Waals surface area contributed by atoms with Crippen LogP contribution in [0.25, 0.3) is 22.6 Å². The molecule has 0 N–H and O–H groups in total. The summed E-state index contributed by atoms with van der Waals surface area (Å²) in [5, 5.41) is 1.03. The van der Waals surface area contributed by atoms with Gasteiger partial charge in [0, 0.05) is 10.6 Å². The summed E-state index contributed by atoms with van der Waals surface area (Å²) < 4.78 is 5.77. The summed E-state index contributed by atoms with van der Waals surface area (Å²) in [6, 6.07) is 9.57. The van der Waals surface area contributed by atoms with Crippen molar-refractivity contribution in [1.82, 2.24) is 4.98 Å². The van der Waals surface area contributed by atoms with Crippen molar-refractivity contribution in [1.29, 1.82) is 0 Å². The zero-order chi connectivity index (χ0) is 13.6. The Hall–Kier alpha value is -1.51. The first-order chi connectivity index (χ1) is 9.04. The predicted octanol–water partition coefficient (Wildman–Crippen LogP) is 5.42. The number of nitrogens with zero attached hydrogens (tertiary/aromatic N) is 1. The molecule has 1 aromatic heterocycles. The van der Waals surface area contributed by atoms with Crippen LogP contribution in [-0.4, -0.2) is 4.98 Å². The second kappa shape index (κ2) is 4.55. The molecule has 2 nitrogen and oxygen atoms in total. The molecule has 19 heavy (non-hydrogen) atoms. The average molecular weight is 292 g/mol. The van der Waals surface area contributed by atoms with E-state index in [9.17, 15) is 0 Å². The van der Waals surface area contributed by atoms with Gasteiger partial charge in [-0.2, -0.15) is 0 Å². The molecule has 0 saturated carbocycles. The summed E-state index contributed by atoms with van der Waals surface area (Å²) in [4.78, 5) is 4.47. The number of halogens is 2. The molecule has 2 aromatic carbocycles. The molecule has 3 rings (SSSR count). The standard InChI is InChI=1S/C15H11Cl2NO/c1-8-3-4-9(2)11(5-8)15-18-13-7-10(16)6-12(17)14(13)19-15/h3-7H,1-2H3. The van der Waals surface area contributed by atoms with Gasteiger partial charge in [0.05, 0.1) is 5.02 Å². The number of aryl methyl sites for hydroxylation is 2. The van der Waals surface area contributed by atoms with E-state index in [0.29, 0.717) is 27.0 Å². The second-order valence-corrected chi connectivity index (χ2v) is 5.42. The minimum Gasteiger partial charge on any atom is -0.434 e. The Balaban J connectivity index is 2.26. The molecule has 0 fully saturated rings. The first-order valence-corrected chi connectivity index (χ1v) is 6.63. The molecule has 0 spiro atoms. The lowest BCUT2D eigenvalue weighted by molar-refractivity contribution is 0.619. The molecule has 0 unspecified atom stereocenters. The van der Waals surface area contributed by atoms with Gasteiger partial charge in [0.15, 0.2) is 5.58 Å². The zero-order valence-electron chi connectivity index (χ0n) is 10.5. The lowest BCUT2D eigenvalue weighted by Gasteiger charge is -2.02. The molecule has 4 heteroatoms. The number of aromatic nitrogens is 1. The maximum absolute atomic E-state index is 6.12. The number of benzene rings is 2. The predicted molar refractivity (Wildman–Crippen MR) is 78.9 cm³/mol. The SMILES string of the molecule is Cc1ccc(C)c(-c2nc3cc(Cl)cc(Cl)c3o2)c1. The molecule has 0 aliphatic carbocycles. The first kappa shape index (κ1) is 12.5. The maximum Gasteiger partial charge on any atom is 0.227 e. The monoisotopic (exact) mass is 291 g/mol. The minimum absolute atomic E-state index is 0.478. The van der Waals surface area contributed by atoms with Crippen molar-refractivity contribution >= 4 is 34.3 Å². The molecule has 0 atom stereocenters. The second-order valence-electron chi connectivity index (χ2n) is 4.57. The van der Waals surface area contributed by atoms with Gasteiger partial charge in [-0.25, -0.2) is 4.98 Å². The highest BCUT2D eigenvalue weighted by Crippen LogP contribution is 2.33. The Morgan fingerprint density at radius 2 is 1.84 bits per heavy atom. The van der Waals surface area contributed by atoms with Gasteiger partial charge in [0.25, 0.3) is 0 Å². The first-order valence-electron chi connectivity index (χ1n) is 5.88. The van der Waals surface area contributed by atoms with Crippen LogP contribution in [0.2, 0.25) is 10.0 Å². The van der Waals surface area contributed by atoms with Crippen molar-refractivity contribution < 1.29 is 4.42 Å². The van der Waals surface area contributed by atoms with Crippen LogP contribution < -0.4 is 0 Å². The number of rotatable bonds is 1. The van der Waals surface area contributed by atoms with Crippen LogP contribution >= 0.6 is 23.2 Å². The van der Waals surface area contributed by atoms with Crippen molar-refractivity contribution in [3.8, 4) is 11.5 Å². The van der Waals surface area contributed by atoms with Gasteiger partial charge in [-0.05, 0) is 37.6 Å².